The second-order valence-electron chi connectivity index (χ2n) is 5.96. The van der Waals surface area contributed by atoms with Crippen molar-refractivity contribution in [1.82, 2.24) is 4.90 Å². The largest absolute Gasteiger partial charge is 0.392 e. The molecule has 3 atom stereocenters. The van der Waals surface area contributed by atoms with Crippen molar-refractivity contribution < 1.29 is 9.90 Å². The molecule has 3 nitrogen and oxygen atoms in total. The summed E-state index contributed by atoms with van der Waals surface area (Å²) < 4.78 is 0. The molecular formula is C18H17NO2. The van der Waals surface area contributed by atoms with Crippen LogP contribution in [0.1, 0.15) is 24.1 Å². The van der Waals surface area contributed by atoms with Crippen LogP contribution in [0.2, 0.25) is 0 Å². The third-order valence-corrected chi connectivity index (χ3v) is 4.67. The summed E-state index contributed by atoms with van der Waals surface area (Å²) in [6.45, 7) is 2.37. The predicted molar refractivity (Wildman–Crippen MR) is 80.3 cm³/mol. The number of hydrogen-bond donors (Lipinski definition) is 1. The topological polar surface area (TPSA) is 40.5 Å². The minimum atomic E-state index is -0.585. The van der Waals surface area contributed by atoms with Gasteiger partial charge in [-0.1, -0.05) is 42.5 Å². The van der Waals surface area contributed by atoms with Crippen LogP contribution in [-0.4, -0.2) is 22.0 Å². The van der Waals surface area contributed by atoms with Gasteiger partial charge in [0.25, 0.3) is 0 Å². The zero-order chi connectivity index (χ0) is 14.6. The van der Waals surface area contributed by atoms with Gasteiger partial charge in [0.2, 0.25) is 5.91 Å². The molecule has 3 heteroatoms. The number of aliphatic hydroxyl groups excluding tert-OH is 1. The van der Waals surface area contributed by atoms with E-state index in [-0.39, 0.29) is 17.9 Å². The summed E-state index contributed by atoms with van der Waals surface area (Å²) >= 11 is 0. The van der Waals surface area contributed by atoms with Gasteiger partial charge in [0.1, 0.15) is 0 Å². The van der Waals surface area contributed by atoms with Crippen LogP contribution in [0.25, 0.3) is 11.1 Å². The molecule has 21 heavy (non-hydrogen) atoms. The lowest BCUT2D eigenvalue weighted by molar-refractivity contribution is -0.163. The Morgan fingerprint density at radius 1 is 1.14 bits per heavy atom. The summed E-state index contributed by atoms with van der Waals surface area (Å²) in [5, 5.41) is 9.80. The molecule has 4 rings (SSSR count). The molecule has 1 saturated heterocycles. The van der Waals surface area contributed by atoms with Crippen LogP contribution in [0.3, 0.4) is 0 Å². The van der Waals surface area contributed by atoms with Gasteiger partial charge in [0.15, 0.2) is 0 Å². The number of β-lactam (4-membered cyclic amide) rings is 1. The maximum Gasteiger partial charge on any atom is 0.231 e. The van der Waals surface area contributed by atoms with Gasteiger partial charge >= 0.3 is 0 Å². The van der Waals surface area contributed by atoms with Crippen LogP contribution in [0.4, 0.5) is 0 Å². The van der Waals surface area contributed by atoms with Gasteiger partial charge in [-0.25, -0.2) is 0 Å². The molecule has 0 saturated carbocycles. The molecule has 1 amide bonds. The number of nitrogens with zero attached hydrogens (tertiary/aromatic N) is 1. The number of benzene rings is 2. The highest BCUT2D eigenvalue weighted by atomic mass is 16.3. The first-order valence-corrected chi connectivity index (χ1v) is 7.33. The molecular weight excluding hydrogens is 262 g/mol. The number of amides is 1. The van der Waals surface area contributed by atoms with Crippen molar-refractivity contribution in [2.45, 2.75) is 25.6 Å². The minimum Gasteiger partial charge on any atom is -0.392 e. The van der Waals surface area contributed by atoms with Crippen LogP contribution in [0.15, 0.2) is 48.5 Å². The average Bonchev–Trinajstić information content (AvgIpc) is 2.82. The van der Waals surface area contributed by atoms with E-state index in [1.165, 1.54) is 22.3 Å². The molecule has 1 N–H and O–H groups in total. The molecule has 106 valence electrons. The maximum atomic E-state index is 12.1. The lowest BCUT2D eigenvalue weighted by atomic mass is 9.81. The lowest BCUT2D eigenvalue weighted by Crippen LogP contribution is -2.55. The van der Waals surface area contributed by atoms with E-state index in [9.17, 15) is 9.90 Å². The van der Waals surface area contributed by atoms with Crippen LogP contribution in [0, 0.1) is 5.92 Å². The first kappa shape index (κ1) is 12.6. The molecule has 0 spiro atoms. The van der Waals surface area contributed by atoms with E-state index in [4.69, 9.17) is 0 Å². The van der Waals surface area contributed by atoms with Crippen LogP contribution in [0.5, 0.6) is 0 Å². The van der Waals surface area contributed by atoms with Crippen molar-refractivity contribution >= 4 is 5.91 Å². The zero-order valence-electron chi connectivity index (χ0n) is 11.9. The fourth-order valence-corrected chi connectivity index (χ4v) is 3.61. The molecule has 2 aromatic rings. The van der Waals surface area contributed by atoms with Gasteiger partial charge in [-0.05, 0) is 35.2 Å². The van der Waals surface area contributed by atoms with Gasteiger partial charge in [0, 0.05) is 6.54 Å². The molecule has 2 aliphatic rings. The maximum absolute atomic E-state index is 12.1. The monoisotopic (exact) mass is 279 g/mol. The Hall–Kier alpha value is -2.13. The van der Waals surface area contributed by atoms with E-state index >= 15 is 0 Å². The third kappa shape index (κ3) is 1.74. The molecule has 0 radical (unpaired) electrons. The van der Waals surface area contributed by atoms with Gasteiger partial charge in [-0.15, -0.1) is 0 Å². The Balaban J connectivity index is 1.72. The van der Waals surface area contributed by atoms with Crippen molar-refractivity contribution in [2.24, 2.45) is 5.92 Å². The van der Waals surface area contributed by atoms with Gasteiger partial charge in [-0.2, -0.15) is 0 Å². The Labute approximate surface area is 123 Å². The zero-order valence-corrected chi connectivity index (χ0v) is 11.9. The summed E-state index contributed by atoms with van der Waals surface area (Å²) in [6.07, 6.45) is -0.585. The quantitative estimate of drug-likeness (QED) is 0.859. The minimum absolute atomic E-state index is 0.0670. The van der Waals surface area contributed by atoms with E-state index in [0.717, 1.165) is 0 Å². The predicted octanol–water partition coefficient (Wildman–Crippen LogP) is 2.75. The summed E-state index contributed by atoms with van der Waals surface area (Å²) in [5.74, 6) is -0.193. The number of aliphatic hydroxyl groups is 1. The van der Waals surface area contributed by atoms with Gasteiger partial charge < -0.3 is 10.0 Å². The van der Waals surface area contributed by atoms with Gasteiger partial charge in [0.05, 0.1) is 18.1 Å². The number of fused-ring (bicyclic) bond motifs is 3. The normalized spacial score (nSPS) is 24.3. The summed E-state index contributed by atoms with van der Waals surface area (Å²) in [7, 11) is 0. The Bertz CT molecular complexity index is 708. The number of carbonyl (C=O) groups is 1. The summed E-state index contributed by atoms with van der Waals surface area (Å²) in [5.41, 5.74) is 4.77. The Kier molecular flexibility index (Phi) is 2.66. The Morgan fingerprint density at radius 2 is 1.90 bits per heavy atom. The fraction of sp³-hybridized carbons (Fsp3) is 0.278. The number of carbonyl (C=O) groups excluding carboxylic acids is 1. The molecule has 0 unspecified atom stereocenters. The first-order chi connectivity index (χ1) is 10.2. The van der Waals surface area contributed by atoms with Crippen molar-refractivity contribution in [3.8, 4) is 11.1 Å². The molecule has 0 bridgehead atoms. The van der Waals surface area contributed by atoms with E-state index in [1.807, 2.05) is 23.1 Å². The molecule has 0 aromatic heterocycles. The van der Waals surface area contributed by atoms with Crippen LogP contribution >= 0.6 is 0 Å². The van der Waals surface area contributed by atoms with Crippen molar-refractivity contribution in [1.29, 1.82) is 0 Å². The van der Waals surface area contributed by atoms with Crippen molar-refractivity contribution in [3.05, 3.63) is 59.7 Å². The van der Waals surface area contributed by atoms with E-state index < -0.39 is 6.10 Å². The highest BCUT2D eigenvalue weighted by Crippen LogP contribution is 2.49. The Morgan fingerprint density at radius 3 is 2.62 bits per heavy atom. The number of hydrogen-bond acceptors (Lipinski definition) is 2. The molecule has 0 aliphatic carbocycles. The highest BCUT2D eigenvalue weighted by molar-refractivity contribution is 5.88. The second kappa shape index (κ2) is 4.43. The fourth-order valence-electron chi connectivity index (χ4n) is 3.61. The van der Waals surface area contributed by atoms with Crippen LogP contribution < -0.4 is 0 Å². The van der Waals surface area contributed by atoms with E-state index in [2.05, 4.69) is 30.3 Å². The first-order valence-electron chi connectivity index (χ1n) is 7.33. The lowest BCUT2D eigenvalue weighted by Gasteiger charge is -2.44. The van der Waals surface area contributed by atoms with Crippen molar-refractivity contribution in [2.75, 3.05) is 0 Å². The molecule has 2 aromatic carbocycles. The van der Waals surface area contributed by atoms with Crippen LogP contribution in [-0.2, 0) is 11.3 Å². The summed E-state index contributed by atoms with van der Waals surface area (Å²) in [6, 6.07) is 16.7. The standard InChI is InChI=1S/C18H17NO2/c1-11(20)16-17-15-8-7-13(12-5-3-2-4-6-12)9-14(15)10-19(17)18(16)21/h2-9,11,16-17,20H,10H2,1H3/t11-,16-,17-/m1/s1. The SMILES string of the molecule is C[C@@H](O)[C@H]1C(=O)N2Cc3cc(-c4ccccc4)ccc3[C@H]12. The second-order valence-corrected chi connectivity index (χ2v) is 5.96. The van der Waals surface area contributed by atoms with Crippen molar-refractivity contribution in [3.63, 3.8) is 0 Å². The average molecular weight is 279 g/mol. The smallest absolute Gasteiger partial charge is 0.231 e. The van der Waals surface area contributed by atoms with Gasteiger partial charge in [-0.3, -0.25) is 4.79 Å². The molecule has 1 fully saturated rings. The molecule has 2 heterocycles. The third-order valence-electron chi connectivity index (χ3n) is 4.67. The highest BCUT2D eigenvalue weighted by Gasteiger charge is 2.53. The summed E-state index contributed by atoms with van der Waals surface area (Å²) in [4.78, 5) is 13.9. The van der Waals surface area contributed by atoms with E-state index in [1.54, 1.807) is 6.92 Å². The molecule has 2 aliphatic heterocycles. The van der Waals surface area contributed by atoms with E-state index in [0.29, 0.717) is 6.54 Å². The number of rotatable bonds is 2.